The molecule has 23 heavy (non-hydrogen) atoms. The molecule has 0 saturated heterocycles. The third kappa shape index (κ3) is 3.06. The number of methoxy groups -OCH3 is 2. The molecule has 1 aliphatic carbocycles. The minimum atomic E-state index is -0.639. The van der Waals surface area contributed by atoms with Crippen LogP contribution in [0.15, 0.2) is 53.1 Å². The smallest absolute Gasteiger partial charge is 0.417 e. The van der Waals surface area contributed by atoms with E-state index in [9.17, 15) is 4.79 Å². The molecule has 2 aliphatic rings. The maximum absolute atomic E-state index is 12.1. The van der Waals surface area contributed by atoms with Crippen LogP contribution in [0.25, 0.3) is 11.3 Å². The third-order valence-electron chi connectivity index (χ3n) is 3.29. The Balaban J connectivity index is 1.75. The third-order valence-corrected chi connectivity index (χ3v) is 3.29. The van der Waals surface area contributed by atoms with Crippen molar-refractivity contribution < 1.29 is 23.4 Å². The molecule has 3 rings (SSSR count). The lowest BCUT2D eigenvalue weighted by Crippen LogP contribution is -2.17. The van der Waals surface area contributed by atoms with E-state index in [0.29, 0.717) is 28.7 Å². The number of rotatable bonds is 4. The Morgan fingerprint density at radius 1 is 1.04 bits per heavy atom. The van der Waals surface area contributed by atoms with Gasteiger partial charge in [-0.15, -0.1) is 0 Å². The predicted octanol–water partition coefficient (Wildman–Crippen LogP) is 4.01. The highest BCUT2D eigenvalue weighted by Gasteiger charge is 2.17. The highest BCUT2D eigenvalue weighted by atomic mass is 16.6. The van der Waals surface area contributed by atoms with Crippen LogP contribution in [0.3, 0.4) is 0 Å². The van der Waals surface area contributed by atoms with Gasteiger partial charge in [0.2, 0.25) is 0 Å². The molecular formula is C17H15NO5. The van der Waals surface area contributed by atoms with Gasteiger partial charge in [0.15, 0.2) is 11.5 Å². The second-order valence-electron chi connectivity index (χ2n) is 4.68. The SMILES string of the molecule is COc1ccc(NC(=O)Oc2ccc3cccoc2-3)c(OC)c1. The summed E-state index contributed by atoms with van der Waals surface area (Å²) in [6, 6.07) is 12.2. The first-order valence-corrected chi connectivity index (χ1v) is 6.88. The summed E-state index contributed by atoms with van der Waals surface area (Å²) < 4.78 is 21.0. The van der Waals surface area contributed by atoms with Crippen LogP contribution < -0.4 is 19.5 Å². The summed E-state index contributed by atoms with van der Waals surface area (Å²) in [5.41, 5.74) is 1.34. The van der Waals surface area contributed by atoms with Gasteiger partial charge in [0.05, 0.1) is 26.2 Å². The van der Waals surface area contributed by atoms with Crippen LogP contribution >= 0.6 is 0 Å². The van der Waals surface area contributed by atoms with Crippen molar-refractivity contribution >= 4 is 11.8 Å². The first kappa shape index (κ1) is 14.8. The van der Waals surface area contributed by atoms with Gasteiger partial charge in [-0.25, -0.2) is 4.79 Å². The van der Waals surface area contributed by atoms with Gasteiger partial charge in [-0.1, -0.05) is 0 Å². The zero-order chi connectivity index (χ0) is 16.2. The molecular weight excluding hydrogens is 298 g/mol. The van der Waals surface area contributed by atoms with Crippen molar-refractivity contribution in [2.45, 2.75) is 0 Å². The van der Waals surface area contributed by atoms with E-state index in [2.05, 4.69) is 5.32 Å². The molecule has 1 aromatic rings. The van der Waals surface area contributed by atoms with Crippen molar-refractivity contribution in [3.8, 4) is 28.6 Å². The number of carbonyl (C=O) groups excluding carboxylic acids is 1. The topological polar surface area (TPSA) is 69.9 Å². The molecule has 0 spiro atoms. The number of hydrogen-bond acceptors (Lipinski definition) is 5. The first-order chi connectivity index (χ1) is 11.2. The Kier molecular flexibility index (Phi) is 4.05. The summed E-state index contributed by atoms with van der Waals surface area (Å²) in [7, 11) is 3.06. The number of anilines is 1. The number of carbonyl (C=O) groups is 1. The molecule has 0 bridgehead atoms. The van der Waals surface area contributed by atoms with Gasteiger partial charge in [0, 0.05) is 11.6 Å². The average Bonchev–Trinajstić information content (AvgIpc) is 2.98. The standard InChI is InChI=1S/C17H15NO5/c1-20-12-6-7-13(15(10-12)21-2)18-17(19)23-14-8-5-11-4-3-9-22-16(11)14/h3-10H,1-2H3,(H,18,19). The van der Waals surface area contributed by atoms with Crippen LogP contribution in [0.5, 0.6) is 17.2 Å². The van der Waals surface area contributed by atoms with Crippen molar-refractivity contribution in [2.24, 2.45) is 0 Å². The minimum Gasteiger partial charge on any atom is -0.497 e. The van der Waals surface area contributed by atoms with E-state index in [0.717, 1.165) is 5.56 Å². The number of nitrogens with one attached hydrogen (secondary N) is 1. The Labute approximate surface area is 132 Å². The van der Waals surface area contributed by atoms with E-state index in [-0.39, 0.29) is 0 Å². The molecule has 1 amide bonds. The molecule has 0 saturated carbocycles. The van der Waals surface area contributed by atoms with E-state index in [1.165, 1.54) is 13.4 Å². The number of ether oxygens (including phenoxy) is 3. The molecule has 0 unspecified atom stereocenters. The maximum atomic E-state index is 12.1. The van der Waals surface area contributed by atoms with Crippen LogP contribution in [0, 0.1) is 0 Å². The molecule has 1 heterocycles. The van der Waals surface area contributed by atoms with Gasteiger partial charge in [0.1, 0.15) is 11.5 Å². The zero-order valence-corrected chi connectivity index (χ0v) is 12.7. The van der Waals surface area contributed by atoms with Gasteiger partial charge in [0.25, 0.3) is 0 Å². The van der Waals surface area contributed by atoms with Gasteiger partial charge in [-0.2, -0.15) is 0 Å². The predicted molar refractivity (Wildman–Crippen MR) is 84.5 cm³/mol. The molecule has 0 aromatic heterocycles. The fraction of sp³-hybridized carbons (Fsp3) is 0.118. The number of amides is 1. The van der Waals surface area contributed by atoms with E-state index >= 15 is 0 Å². The number of hydrogen-bond donors (Lipinski definition) is 1. The molecule has 6 nitrogen and oxygen atoms in total. The molecule has 0 fully saturated rings. The molecule has 118 valence electrons. The molecule has 6 heteroatoms. The molecule has 1 N–H and O–H groups in total. The Morgan fingerprint density at radius 2 is 1.91 bits per heavy atom. The molecule has 0 radical (unpaired) electrons. The van der Waals surface area contributed by atoms with Gasteiger partial charge in [-0.05, 0) is 36.4 Å². The van der Waals surface area contributed by atoms with E-state index in [1.807, 2.05) is 12.1 Å². The Hall–Kier alpha value is -3.15. The summed E-state index contributed by atoms with van der Waals surface area (Å²) in [5, 5.41) is 2.63. The zero-order valence-electron chi connectivity index (χ0n) is 12.7. The summed E-state index contributed by atoms with van der Waals surface area (Å²) in [6.07, 6.45) is 0.889. The van der Waals surface area contributed by atoms with Crippen molar-refractivity contribution in [1.29, 1.82) is 0 Å². The van der Waals surface area contributed by atoms with Crippen molar-refractivity contribution in [3.05, 3.63) is 48.7 Å². The highest BCUT2D eigenvalue weighted by Crippen LogP contribution is 2.34. The van der Waals surface area contributed by atoms with Crippen LogP contribution in [0.4, 0.5) is 10.5 Å². The Morgan fingerprint density at radius 3 is 2.70 bits per heavy atom. The van der Waals surface area contributed by atoms with Gasteiger partial charge < -0.3 is 18.6 Å². The Bertz CT molecular complexity index is 795. The second kappa shape index (κ2) is 6.31. The normalized spacial score (nSPS) is 10.3. The summed E-state index contributed by atoms with van der Waals surface area (Å²) in [5.74, 6) is 1.97. The lowest BCUT2D eigenvalue weighted by Gasteiger charge is -2.11. The summed E-state index contributed by atoms with van der Waals surface area (Å²) in [4.78, 5) is 12.1. The monoisotopic (exact) mass is 313 g/mol. The lowest BCUT2D eigenvalue weighted by atomic mass is 10.2. The van der Waals surface area contributed by atoms with Crippen molar-refractivity contribution in [1.82, 2.24) is 0 Å². The fourth-order valence-corrected chi connectivity index (χ4v) is 2.18. The lowest BCUT2D eigenvalue weighted by molar-refractivity contribution is 0.214. The minimum absolute atomic E-state index is 0.352. The van der Waals surface area contributed by atoms with Gasteiger partial charge >= 0.3 is 6.09 Å². The maximum Gasteiger partial charge on any atom is 0.417 e. The largest absolute Gasteiger partial charge is 0.497 e. The van der Waals surface area contributed by atoms with Crippen LogP contribution in [-0.4, -0.2) is 20.3 Å². The summed E-state index contributed by atoms with van der Waals surface area (Å²) in [6.45, 7) is 0. The molecule has 1 aliphatic heterocycles. The average molecular weight is 313 g/mol. The van der Waals surface area contributed by atoms with E-state index in [1.54, 1.807) is 37.4 Å². The van der Waals surface area contributed by atoms with Crippen molar-refractivity contribution in [2.75, 3.05) is 19.5 Å². The van der Waals surface area contributed by atoms with E-state index in [4.69, 9.17) is 18.6 Å². The molecule has 0 atom stereocenters. The van der Waals surface area contributed by atoms with Crippen LogP contribution in [0.1, 0.15) is 0 Å². The second-order valence-corrected chi connectivity index (χ2v) is 4.68. The fourth-order valence-electron chi connectivity index (χ4n) is 2.18. The molecule has 1 aromatic carbocycles. The number of fused-ring (bicyclic) bond motifs is 1. The van der Waals surface area contributed by atoms with Gasteiger partial charge in [-0.3, -0.25) is 5.32 Å². The first-order valence-electron chi connectivity index (χ1n) is 6.88. The highest BCUT2D eigenvalue weighted by molar-refractivity contribution is 5.89. The van der Waals surface area contributed by atoms with E-state index < -0.39 is 6.09 Å². The quantitative estimate of drug-likeness (QED) is 0.788. The van der Waals surface area contributed by atoms with Crippen LogP contribution in [0.2, 0.25) is 0 Å². The van der Waals surface area contributed by atoms with Crippen LogP contribution in [-0.2, 0) is 0 Å². The van der Waals surface area contributed by atoms with Crippen molar-refractivity contribution in [3.63, 3.8) is 0 Å². The summed E-state index contributed by atoms with van der Waals surface area (Å²) >= 11 is 0. The number of benzene rings is 1.